The number of allylic oxidation sites excluding steroid dienone is 4. The Morgan fingerprint density at radius 1 is 1.60 bits per heavy atom. The Kier molecular flexibility index (Phi) is 2.29. The Bertz CT molecular complexity index is 201. The van der Waals surface area contributed by atoms with Gasteiger partial charge < -0.3 is 10.8 Å². The van der Waals surface area contributed by atoms with E-state index in [-0.39, 0.29) is 5.76 Å². The fourth-order valence-electron chi connectivity index (χ4n) is 0.844. The molecule has 2 nitrogen and oxygen atoms in total. The predicted octanol–water partition coefficient (Wildman–Crippen LogP) is 1.27. The Morgan fingerprint density at radius 3 is 3.10 bits per heavy atom. The number of aliphatic hydroxyl groups excluding tert-OH is 1. The Labute approximate surface area is 60.4 Å². The van der Waals surface area contributed by atoms with E-state index in [1.54, 1.807) is 12.2 Å². The predicted molar refractivity (Wildman–Crippen MR) is 41.6 cm³/mol. The van der Waals surface area contributed by atoms with Gasteiger partial charge in [-0.3, -0.25) is 0 Å². The van der Waals surface area contributed by atoms with Gasteiger partial charge in [0.15, 0.2) is 0 Å². The maximum absolute atomic E-state index is 9.07. The van der Waals surface area contributed by atoms with Crippen LogP contribution >= 0.6 is 0 Å². The molecule has 0 aromatic rings. The second-order valence-electron chi connectivity index (χ2n) is 2.23. The van der Waals surface area contributed by atoms with Gasteiger partial charge in [-0.1, -0.05) is 12.2 Å². The van der Waals surface area contributed by atoms with Gasteiger partial charge in [0.2, 0.25) is 0 Å². The minimum Gasteiger partial charge on any atom is -0.508 e. The van der Waals surface area contributed by atoms with Crippen molar-refractivity contribution in [2.24, 2.45) is 5.73 Å². The molecule has 0 aromatic heterocycles. The fourth-order valence-corrected chi connectivity index (χ4v) is 0.844. The van der Waals surface area contributed by atoms with E-state index in [2.05, 4.69) is 0 Å². The molecule has 0 saturated heterocycles. The lowest BCUT2D eigenvalue weighted by Gasteiger charge is -1.96. The minimum atomic E-state index is 0.286. The van der Waals surface area contributed by atoms with Crippen LogP contribution in [0.25, 0.3) is 0 Å². The molecule has 2 heteroatoms. The summed E-state index contributed by atoms with van der Waals surface area (Å²) < 4.78 is 0. The van der Waals surface area contributed by atoms with Crippen molar-refractivity contribution in [2.75, 3.05) is 6.54 Å². The zero-order valence-electron chi connectivity index (χ0n) is 5.75. The molecule has 0 amide bonds. The molecule has 1 aliphatic carbocycles. The van der Waals surface area contributed by atoms with E-state index in [0.29, 0.717) is 6.54 Å². The van der Waals surface area contributed by atoms with Crippen LogP contribution in [-0.4, -0.2) is 11.7 Å². The molecule has 0 atom stereocenters. The lowest BCUT2D eigenvalue weighted by molar-refractivity contribution is 0.432. The van der Waals surface area contributed by atoms with Gasteiger partial charge in [-0.15, -0.1) is 0 Å². The van der Waals surface area contributed by atoms with Crippen LogP contribution in [0.1, 0.15) is 6.42 Å². The monoisotopic (exact) mass is 137 g/mol. The van der Waals surface area contributed by atoms with Crippen LogP contribution in [-0.2, 0) is 0 Å². The van der Waals surface area contributed by atoms with Crippen molar-refractivity contribution in [3.05, 3.63) is 35.6 Å². The SMILES string of the molecule is NCC1=CC(O)=CC=CC1. The van der Waals surface area contributed by atoms with Crippen molar-refractivity contribution in [3.63, 3.8) is 0 Å². The van der Waals surface area contributed by atoms with E-state index in [0.717, 1.165) is 12.0 Å². The molecule has 0 fully saturated rings. The first kappa shape index (κ1) is 7.09. The highest BCUT2D eigenvalue weighted by atomic mass is 16.3. The highest BCUT2D eigenvalue weighted by Gasteiger charge is 1.95. The molecule has 54 valence electrons. The number of hydrogen-bond donors (Lipinski definition) is 2. The molecule has 0 unspecified atom stereocenters. The van der Waals surface area contributed by atoms with Crippen LogP contribution in [0.2, 0.25) is 0 Å². The molecule has 0 spiro atoms. The van der Waals surface area contributed by atoms with E-state index in [9.17, 15) is 0 Å². The van der Waals surface area contributed by atoms with Gasteiger partial charge in [0.05, 0.1) is 0 Å². The van der Waals surface area contributed by atoms with Crippen molar-refractivity contribution < 1.29 is 5.11 Å². The largest absolute Gasteiger partial charge is 0.508 e. The third kappa shape index (κ3) is 1.74. The molecular weight excluding hydrogens is 126 g/mol. The van der Waals surface area contributed by atoms with Crippen LogP contribution in [0.15, 0.2) is 35.6 Å². The highest BCUT2D eigenvalue weighted by molar-refractivity contribution is 5.27. The third-order valence-corrected chi connectivity index (χ3v) is 1.40. The lowest BCUT2D eigenvalue weighted by Crippen LogP contribution is -2.02. The first-order chi connectivity index (χ1) is 4.83. The van der Waals surface area contributed by atoms with Crippen molar-refractivity contribution in [2.45, 2.75) is 6.42 Å². The summed E-state index contributed by atoms with van der Waals surface area (Å²) in [7, 11) is 0. The van der Waals surface area contributed by atoms with Gasteiger partial charge in [-0.25, -0.2) is 0 Å². The maximum Gasteiger partial charge on any atom is 0.115 e. The van der Waals surface area contributed by atoms with E-state index < -0.39 is 0 Å². The quantitative estimate of drug-likeness (QED) is 0.571. The van der Waals surface area contributed by atoms with E-state index in [1.165, 1.54) is 0 Å². The van der Waals surface area contributed by atoms with Crippen molar-refractivity contribution in [1.82, 2.24) is 0 Å². The average Bonchev–Trinajstić information content (AvgIpc) is 2.13. The summed E-state index contributed by atoms with van der Waals surface area (Å²) in [4.78, 5) is 0. The summed E-state index contributed by atoms with van der Waals surface area (Å²) in [5, 5.41) is 9.07. The highest BCUT2D eigenvalue weighted by Crippen LogP contribution is 2.08. The smallest absolute Gasteiger partial charge is 0.115 e. The van der Waals surface area contributed by atoms with Crippen LogP contribution in [0.5, 0.6) is 0 Å². The average molecular weight is 137 g/mol. The van der Waals surface area contributed by atoms with Gasteiger partial charge in [-0.05, 0) is 24.1 Å². The van der Waals surface area contributed by atoms with Crippen LogP contribution < -0.4 is 5.73 Å². The van der Waals surface area contributed by atoms with Gasteiger partial charge in [0.1, 0.15) is 5.76 Å². The summed E-state index contributed by atoms with van der Waals surface area (Å²) >= 11 is 0. The summed E-state index contributed by atoms with van der Waals surface area (Å²) in [5.74, 6) is 0.286. The fraction of sp³-hybridized carbons (Fsp3) is 0.250. The number of rotatable bonds is 1. The standard InChI is InChI=1S/C8H11NO/c9-6-7-3-1-2-4-8(10)5-7/h1-2,4-5,10H,3,6,9H2. The zero-order valence-corrected chi connectivity index (χ0v) is 5.75. The summed E-state index contributed by atoms with van der Waals surface area (Å²) in [6.07, 6.45) is 8.01. The molecule has 10 heavy (non-hydrogen) atoms. The van der Waals surface area contributed by atoms with E-state index >= 15 is 0 Å². The molecule has 1 aliphatic rings. The molecular formula is C8H11NO. The van der Waals surface area contributed by atoms with Crippen LogP contribution in [0.3, 0.4) is 0 Å². The molecule has 0 bridgehead atoms. The van der Waals surface area contributed by atoms with Gasteiger partial charge in [0, 0.05) is 6.54 Å². The topological polar surface area (TPSA) is 46.2 Å². The van der Waals surface area contributed by atoms with Crippen molar-refractivity contribution in [3.8, 4) is 0 Å². The summed E-state index contributed by atoms with van der Waals surface area (Å²) in [5.41, 5.74) is 6.45. The van der Waals surface area contributed by atoms with Gasteiger partial charge in [-0.2, -0.15) is 0 Å². The molecule has 0 saturated carbocycles. The number of hydrogen-bond acceptors (Lipinski definition) is 2. The molecule has 1 rings (SSSR count). The normalized spacial score (nSPS) is 17.7. The third-order valence-electron chi connectivity index (χ3n) is 1.40. The van der Waals surface area contributed by atoms with Crippen LogP contribution in [0.4, 0.5) is 0 Å². The van der Waals surface area contributed by atoms with E-state index in [1.807, 2.05) is 12.2 Å². The number of nitrogens with two attached hydrogens (primary N) is 1. The minimum absolute atomic E-state index is 0.286. The Balaban J connectivity index is 2.77. The first-order valence-electron chi connectivity index (χ1n) is 3.28. The lowest BCUT2D eigenvalue weighted by atomic mass is 10.2. The summed E-state index contributed by atoms with van der Waals surface area (Å²) in [6.45, 7) is 0.516. The van der Waals surface area contributed by atoms with Gasteiger partial charge >= 0.3 is 0 Å². The molecule has 0 aliphatic heterocycles. The molecule has 3 N–H and O–H groups in total. The zero-order chi connectivity index (χ0) is 7.40. The van der Waals surface area contributed by atoms with Gasteiger partial charge in [0.25, 0.3) is 0 Å². The van der Waals surface area contributed by atoms with Crippen molar-refractivity contribution >= 4 is 0 Å². The maximum atomic E-state index is 9.07. The number of aliphatic hydroxyl groups is 1. The molecule has 0 heterocycles. The van der Waals surface area contributed by atoms with Crippen molar-refractivity contribution in [1.29, 1.82) is 0 Å². The van der Waals surface area contributed by atoms with E-state index in [4.69, 9.17) is 10.8 Å². The first-order valence-corrected chi connectivity index (χ1v) is 3.28. The second-order valence-corrected chi connectivity index (χ2v) is 2.23. The summed E-state index contributed by atoms with van der Waals surface area (Å²) in [6, 6.07) is 0. The second kappa shape index (κ2) is 3.22. The Hall–Kier alpha value is -1.02. The van der Waals surface area contributed by atoms with Crippen LogP contribution in [0, 0.1) is 0 Å². The molecule has 0 radical (unpaired) electrons. The Morgan fingerprint density at radius 2 is 2.40 bits per heavy atom. The molecule has 0 aromatic carbocycles.